The van der Waals surface area contributed by atoms with Gasteiger partial charge in [-0.15, -0.1) is 0 Å². The molecule has 15 heavy (non-hydrogen) atoms. The van der Waals surface area contributed by atoms with Gasteiger partial charge in [-0.25, -0.2) is 9.59 Å². The first-order valence-electron chi connectivity index (χ1n) is 4.23. The Morgan fingerprint density at radius 1 is 1.20 bits per heavy atom. The molecular weight excluding hydrogens is 202 g/mol. The molecule has 0 aromatic heterocycles. The number of amides is 1. The van der Waals surface area contributed by atoms with Gasteiger partial charge in [-0.1, -0.05) is 6.92 Å². The van der Waals surface area contributed by atoms with Crippen molar-refractivity contribution in [3.8, 4) is 0 Å². The molecular formula is C9H13NO5. The van der Waals surface area contributed by atoms with E-state index < -0.39 is 17.8 Å². The number of carbonyl (C=O) groups is 3. The van der Waals surface area contributed by atoms with E-state index in [1.54, 1.807) is 6.92 Å². The van der Waals surface area contributed by atoms with Gasteiger partial charge in [0.25, 0.3) is 0 Å². The van der Waals surface area contributed by atoms with Gasteiger partial charge in [-0.3, -0.25) is 4.79 Å². The lowest BCUT2D eigenvalue weighted by Gasteiger charge is -2.05. The SMILES string of the molecule is CCC(=O)N/C(=C\C(=O)OC)C(=O)OC. The van der Waals surface area contributed by atoms with Crippen LogP contribution in [0.2, 0.25) is 0 Å². The first kappa shape index (κ1) is 13.2. The van der Waals surface area contributed by atoms with Crippen LogP contribution in [0.4, 0.5) is 0 Å². The Bertz CT molecular complexity index is 295. The first-order valence-corrected chi connectivity index (χ1v) is 4.23. The quantitative estimate of drug-likeness (QED) is 0.516. The predicted molar refractivity (Wildman–Crippen MR) is 50.5 cm³/mol. The highest BCUT2D eigenvalue weighted by atomic mass is 16.5. The molecule has 0 fully saturated rings. The van der Waals surface area contributed by atoms with Crippen LogP contribution in [0.3, 0.4) is 0 Å². The highest BCUT2D eigenvalue weighted by Gasteiger charge is 2.14. The van der Waals surface area contributed by atoms with E-state index in [1.807, 2.05) is 0 Å². The number of rotatable bonds is 4. The Hall–Kier alpha value is -1.85. The van der Waals surface area contributed by atoms with Gasteiger partial charge in [0.15, 0.2) is 0 Å². The lowest BCUT2D eigenvalue weighted by molar-refractivity contribution is -0.139. The van der Waals surface area contributed by atoms with Crippen molar-refractivity contribution in [3.05, 3.63) is 11.8 Å². The summed E-state index contributed by atoms with van der Waals surface area (Å²) in [5.74, 6) is -1.94. The molecule has 0 radical (unpaired) electrons. The summed E-state index contributed by atoms with van der Waals surface area (Å²) in [5.41, 5.74) is -0.240. The Balaban J connectivity index is 4.73. The molecule has 6 heteroatoms. The molecule has 0 aliphatic carbocycles. The summed E-state index contributed by atoms with van der Waals surface area (Å²) in [5, 5.41) is 2.23. The van der Waals surface area contributed by atoms with Crippen molar-refractivity contribution in [1.82, 2.24) is 5.32 Å². The topological polar surface area (TPSA) is 81.7 Å². The third kappa shape index (κ3) is 4.80. The van der Waals surface area contributed by atoms with Crippen molar-refractivity contribution in [3.63, 3.8) is 0 Å². The van der Waals surface area contributed by atoms with Crippen molar-refractivity contribution in [2.24, 2.45) is 0 Å². The molecule has 1 N–H and O–H groups in total. The van der Waals surface area contributed by atoms with Crippen molar-refractivity contribution in [2.75, 3.05) is 14.2 Å². The molecule has 0 aromatic rings. The molecule has 0 saturated carbocycles. The fourth-order valence-corrected chi connectivity index (χ4v) is 0.671. The van der Waals surface area contributed by atoms with Gasteiger partial charge in [-0.05, 0) is 0 Å². The normalized spacial score (nSPS) is 10.5. The number of esters is 2. The zero-order chi connectivity index (χ0) is 11.8. The maximum Gasteiger partial charge on any atom is 0.354 e. The summed E-state index contributed by atoms with van der Waals surface area (Å²) in [6.45, 7) is 1.61. The molecule has 0 aliphatic rings. The molecule has 0 rings (SSSR count). The van der Waals surface area contributed by atoms with E-state index in [4.69, 9.17) is 0 Å². The van der Waals surface area contributed by atoms with E-state index in [-0.39, 0.29) is 12.1 Å². The van der Waals surface area contributed by atoms with Gasteiger partial charge in [0.05, 0.1) is 20.3 Å². The highest BCUT2D eigenvalue weighted by molar-refractivity contribution is 5.99. The molecule has 0 aromatic carbocycles. The van der Waals surface area contributed by atoms with Gasteiger partial charge in [0, 0.05) is 6.42 Å². The van der Waals surface area contributed by atoms with Crippen LogP contribution in [0, 0.1) is 0 Å². The van der Waals surface area contributed by atoms with Crippen molar-refractivity contribution in [2.45, 2.75) is 13.3 Å². The minimum absolute atomic E-state index is 0.190. The molecule has 0 atom stereocenters. The third-order valence-electron chi connectivity index (χ3n) is 1.46. The zero-order valence-electron chi connectivity index (χ0n) is 8.83. The Morgan fingerprint density at radius 2 is 1.80 bits per heavy atom. The summed E-state index contributed by atoms with van der Waals surface area (Å²) in [7, 11) is 2.31. The van der Waals surface area contributed by atoms with Crippen LogP contribution in [-0.4, -0.2) is 32.1 Å². The summed E-state index contributed by atoms with van der Waals surface area (Å²) < 4.78 is 8.69. The second kappa shape index (κ2) is 6.58. The maximum absolute atomic E-state index is 11.1. The number of methoxy groups -OCH3 is 2. The molecule has 0 saturated heterocycles. The largest absolute Gasteiger partial charge is 0.466 e. The van der Waals surface area contributed by atoms with E-state index in [9.17, 15) is 14.4 Å². The van der Waals surface area contributed by atoms with Crippen LogP contribution in [0.5, 0.6) is 0 Å². The Morgan fingerprint density at radius 3 is 2.20 bits per heavy atom. The van der Waals surface area contributed by atoms with E-state index in [1.165, 1.54) is 0 Å². The molecule has 0 unspecified atom stereocenters. The van der Waals surface area contributed by atoms with Crippen LogP contribution in [-0.2, 0) is 23.9 Å². The third-order valence-corrected chi connectivity index (χ3v) is 1.46. The summed E-state index contributed by atoms with van der Waals surface area (Å²) in [6, 6.07) is 0. The maximum atomic E-state index is 11.1. The monoisotopic (exact) mass is 215 g/mol. The van der Waals surface area contributed by atoms with Crippen molar-refractivity contribution in [1.29, 1.82) is 0 Å². The van der Waals surface area contributed by atoms with Gasteiger partial charge < -0.3 is 14.8 Å². The number of nitrogens with one attached hydrogen (secondary N) is 1. The Labute approximate surface area is 87.2 Å². The minimum atomic E-state index is -0.804. The summed E-state index contributed by atoms with van der Waals surface area (Å²) in [4.78, 5) is 33.0. The van der Waals surface area contributed by atoms with Gasteiger partial charge >= 0.3 is 11.9 Å². The number of ether oxygens (including phenoxy) is 2. The van der Waals surface area contributed by atoms with Crippen LogP contribution in [0.15, 0.2) is 11.8 Å². The molecule has 84 valence electrons. The lowest BCUT2D eigenvalue weighted by Crippen LogP contribution is -2.28. The minimum Gasteiger partial charge on any atom is -0.466 e. The van der Waals surface area contributed by atoms with Gasteiger partial charge in [0.1, 0.15) is 5.70 Å². The summed E-state index contributed by atoms with van der Waals surface area (Å²) >= 11 is 0. The summed E-state index contributed by atoms with van der Waals surface area (Å²) in [6.07, 6.45) is 1.05. The van der Waals surface area contributed by atoms with Gasteiger partial charge in [-0.2, -0.15) is 0 Å². The fourth-order valence-electron chi connectivity index (χ4n) is 0.671. The molecule has 6 nitrogen and oxygen atoms in total. The number of hydrogen-bond donors (Lipinski definition) is 1. The lowest BCUT2D eigenvalue weighted by atomic mass is 10.3. The van der Waals surface area contributed by atoms with E-state index in [2.05, 4.69) is 14.8 Å². The molecule has 0 aliphatic heterocycles. The smallest absolute Gasteiger partial charge is 0.354 e. The van der Waals surface area contributed by atoms with Crippen molar-refractivity contribution < 1.29 is 23.9 Å². The average molecular weight is 215 g/mol. The molecule has 0 bridgehead atoms. The van der Waals surface area contributed by atoms with Gasteiger partial charge in [0.2, 0.25) is 5.91 Å². The second-order valence-electron chi connectivity index (χ2n) is 2.47. The van der Waals surface area contributed by atoms with Crippen molar-refractivity contribution >= 4 is 17.8 Å². The zero-order valence-corrected chi connectivity index (χ0v) is 8.83. The van der Waals surface area contributed by atoms with Crippen LogP contribution in [0.1, 0.15) is 13.3 Å². The molecule has 1 amide bonds. The predicted octanol–water partition coefficient (Wildman–Crippen LogP) is -0.258. The second-order valence-corrected chi connectivity index (χ2v) is 2.47. The van der Waals surface area contributed by atoms with E-state index >= 15 is 0 Å². The first-order chi connectivity index (χ1) is 7.04. The van der Waals surface area contributed by atoms with Crippen LogP contribution >= 0.6 is 0 Å². The average Bonchev–Trinajstić information content (AvgIpc) is 2.26. The van der Waals surface area contributed by atoms with Crippen LogP contribution in [0.25, 0.3) is 0 Å². The van der Waals surface area contributed by atoms with E-state index in [0.29, 0.717) is 0 Å². The van der Waals surface area contributed by atoms with Crippen LogP contribution < -0.4 is 5.32 Å². The fraction of sp³-hybridized carbons (Fsp3) is 0.444. The number of hydrogen-bond acceptors (Lipinski definition) is 5. The Kier molecular flexibility index (Phi) is 5.77. The standard InChI is InChI=1S/C9H13NO5/c1-4-7(11)10-6(9(13)15-3)5-8(12)14-2/h5H,4H2,1-3H3,(H,10,11)/b6-5-. The highest BCUT2D eigenvalue weighted by Crippen LogP contribution is 1.95. The molecule has 0 spiro atoms. The number of carbonyl (C=O) groups excluding carboxylic acids is 3. The van der Waals surface area contributed by atoms with E-state index in [0.717, 1.165) is 20.3 Å². The molecule has 0 heterocycles.